The average Bonchev–Trinajstić information content (AvgIpc) is 2.35. The van der Waals surface area contributed by atoms with Gasteiger partial charge in [-0.3, -0.25) is 14.6 Å². The smallest absolute Gasteiger partial charge is 0.320 e. The SMILES string of the molecule is CC(C)OC(=O)C(Cc1ccccn1)C(=O)OC(C)C. The van der Waals surface area contributed by atoms with Crippen LogP contribution in [0.1, 0.15) is 33.4 Å². The Bertz CT molecular complexity index is 420. The molecule has 1 rings (SSSR count). The summed E-state index contributed by atoms with van der Waals surface area (Å²) in [4.78, 5) is 28.2. The number of hydrogen-bond donors (Lipinski definition) is 0. The van der Waals surface area contributed by atoms with Crippen molar-refractivity contribution in [3.05, 3.63) is 30.1 Å². The lowest BCUT2D eigenvalue weighted by molar-refractivity contribution is -0.166. The van der Waals surface area contributed by atoms with Gasteiger partial charge in [-0.05, 0) is 39.8 Å². The fraction of sp³-hybridized carbons (Fsp3) is 0.533. The minimum atomic E-state index is -0.977. The number of nitrogens with zero attached hydrogens (tertiary/aromatic N) is 1. The molecule has 0 aliphatic heterocycles. The van der Waals surface area contributed by atoms with Crippen LogP contribution in [0.3, 0.4) is 0 Å². The van der Waals surface area contributed by atoms with Crippen LogP contribution >= 0.6 is 0 Å². The molecule has 0 atom stereocenters. The van der Waals surface area contributed by atoms with Crippen LogP contribution in [0.15, 0.2) is 24.4 Å². The van der Waals surface area contributed by atoms with E-state index in [1.54, 1.807) is 52.1 Å². The Labute approximate surface area is 119 Å². The van der Waals surface area contributed by atoms with Crippen LogP contribution in [0.2, 0.25) is 0 Å². The molecule has 0 aromatic carbocycles. The molecule has 1 heterocycles. The zero-order chi connectivity index (χ0) is 15.1. The van der Waals surface area contributed by atoms with Crippen molar-refractivity contribution in [2.75, 3.05) is 0 Å². The van der Waals surface area contributed by atoms with Gasteiger partial charge in [-0.15, -0.1) is 0 Å². The highest BCUT2D eigenvalue weighted by atomic mass is 16.6. The number of rotatable bonds is 6. The first-order chi connectivity index (χ1) is 9.40. The minimum Gasteiger partial charge on any atom is -0.462 e. The first-order valence-corrected chi connectivity index (χ1v) is 6.71. The van der Waals surface area contributed by atoms with E-state index in [1.807, 2.05) is 0 Å². The van der Waals surface area contributed by atoms with Crippen molar-refractivity contribution in [3.8, 4) is 0 Å². The molecule has 0 bridgehead atoms. The Morgan fingerprint density at radius 3 is 2.00 bits per heavy atom. The molecule has 0 radical (unpaired) electrons. The standard InChI is InChI=1S/C15H21NO4/c1-10(2)19-14(17)13(15(18)20-11(3)4)9-12-7-5-6-8-16-12/h5-8,10-11,13H,9H2,1-4H3. The van der Waals surface area contributed by atoms with Crippen LogP contribution in [-0.4, -0.2) is 29.1 Å². The van der Waals surface area contributed by atoms with Gasteiger partial charge in [-0.25, -0.2) is 0 Å². The maximum Gasteiger partial charge on any atom is 0.320 e. The van der Waals surface area contributed by atoms with Crippen molar-refractivity contribution in [1.82, 2.24) is 4.98 Å². The molecule has 0 amide bonds. The molecule has 0 N–H and O–H groups in total. The molecule has 0 spiro atoms. The van der Waals surface area contributed by atoms with Crippen molar-refractivity contribution in [2.45, 2.75) is 46.3 Å². The maximum atomic E-state index is 12.0. The van der Waals surface area contributed by atoms with Crippen LogP contribution in [0, 0.1) is 5.92 Å². The lowest BCUT2D eigenvalue weighted by atomic mass is 10.0. The predicted molar refractivity (Wildman–Crippen MR) is 73.9 cm³/mol. The number of pyridine rings is 1. The molecule has 0 aliphatic rings. The van der Waals surface area contributed by atoms with Gasteiger partial charge in [0.15, 0.2) is 5.92 Å². The molecule has 1 aromatic heterocycles. The third-order valence-electron chi connectivity index (χ3n) is 2.41. The Hall–Kier alpha value is -1.91. The second kappa shape index (κ2) is 7.62. The summed E-state index contributed by atoms with van der Waals surface area (Å²) in [7, 11) is 0. The number of aromatic nitrogens is 1. The summed E-state index contributed by atoms with van der Waals surface area (Å²) in [6, 6.07) is 5.34. The van der Waals surface area contributed by atoms with E-state index in [1.165, 1.54) is 0 Å². The van der Waals surface area contributed by atoms with E-state index in [2.05, 4.69) is 4.98 Å². The molecule has 0 saturated carbocycles. The topological polar surface area (TPSA) is 65.5 Å². The Balaban J connectivity index is 2.83. The van der Waals surface area contributed by atoms with E-state index in [0.717, 1.165) is 0 Å². The predicted octanol–water partition coefficient (Wildman–Crippen LogP) is 2.14. The summed E-state index contributed by atoms with van der Waals surface area (Å²) in [5.41, 5.74) is 0.652. The fourth-order valence-electron chi connectivity index (χ4n) is 1.62. The molecule has 0 aliphatic carbocycles. The summed E-state index contributed by atoms with van der Waals surface area (Å²) >= 11 is 0. The van der Waals surface area contributed by atoms with Gasteiger partial charge in [0, 0.05) is 18.3 Å². The number of esters is 2. The lowest BCUT2D eigenvalue weighted by Gasteiger charge is -2.18. The largest absolute Gasteiger partial charge is 0.462 e. The third-order valence-corrected chi connectivity index (χ3v) is 2.41. The van der Waals surface area contributed by atoms with Crippen molar-refractivity contribution >= 4 is 11.9 Å². The summed E-state index contributed by atoms with van der Waals surface area (Å²) in [5, 5.41) is 0. The first-order valence-electron chi connectivity index (χ1n) is 6.71. The van der Waals surface area contributed by atoms with Crippen molar-refractivity contribution < 1.29 is 19.1 Å². The summed E-state index contributed by atoms with van der Waals surface area (Å²) in [6.07, 6.45) is 1.24. The van der Waals surface area contributed by atoms with Gasteiger partial charge in [0.05, 0.1) is 12.2 Å². The Kier molecular flexibility index (Phi) is 6.15. The van der Waals surface area contributed by atoms with Gasteiger partial charge in [-0.2, -0.15) is 0 Å². The third kappa shape index (κ3) is 5.38. The van der Waals surface area contributed by atoms with E-state index in [4.69, 9.17) is 9.47 Å². The van der Waals surface area contributed by atoms with E-state index < -0.39 is 17.9 Å². The molecule has 110 valence electrons. The number of hydrogen-bond acceptors (Lipinski definition) is 5. The normalized spacial score (nSPS) is 10.9. The van der Waals surface area contributed by atoms with Gasteiger partial charge >= 0.3 is 11.9 Å². The van der Waals surface area contributed by atoms with Gasteiger partial charge in [-0.1, -0.05) is 6.07 Å². The van der Waals surface area contributed by atoms with Crippen LogP contribution in [0.25, 0.3) is 0 Å². The van der Waals surface area contributed by atoms with E-state index >= 15 is 0 Å². The van der Waals surface area contributed by atoms with Gasteiger partial charge in [0.2, 0.25) is 0 Å². The van der Waals surface area contributed by atoms with Crippen LogP contribution in [0.4, 0.5) is 0 Å². The molecule has 1 aromatic rings. The first kappa shape index (κ1) is 16.1. The highest BCUT2D eigenvalue weighted by Crippen LogP contribution is 2.13. The van der Waals surface area contributed by atoms with E-state index in [-0.39, 0.29) is 18.6 Å². The average molecular weight is 279 g/mol. The molecular weight excluding hydrogens is 258 g/mol. The van der Waals surface area contributed by atoms with Crippen molar-refractivity contribution in [2.24, 2.45) is 5.92 Å². The molecule has 5 heteroatoms. The van der Waals surface area contributed by atoms with Crippen molar-refractivity contribution in [3.63, 3.8) is 0 Å². The van der Waals surface area contributed by atoms with Crippen molar-refractivity contribution in [1.29, 1.82) is 0 Å². The second-order valence-corrected chi connectivity index (χ2v) is 5.05. The zero-order valence-corrected chi connectivity index (χ0v) is 12.3. The fourth-order valence-corrected chi connectivity index (χ4v) is 1.62. The summed E-state index contributed by atoms with van der Waals surface area (Å²) in [5.74, 6) is -2.12. The summed E-state index contributed by atoms with van der Waals surface area (Å²) < 4.78 is 10.2. The van der Waals surface area contributed by atoms with Gasteiger partial charge in [0.25, 0.3) is 0 Å². The molecule has 0 unspecified atom stereocenters. The van der Waals surface area contributed by atoms with Crippen LogP contribution in [0.5, 0.6) is 0 Å². The quantitative estimate of drug-likeness (QED) is 0.589. The molecule has 5 nitrogen and oxygen atoms in total. The van der Waals surface area contributed by atoms with Crippen LogP contribution in [-0.2, 0) is 25.5 Å². The highest BCUT2D eigenvalue weighted by molar-refractivity contribution is 5.95. The molecule has 20 heavy (non-hydrogen) atoms. The highest BCUT2D eigenvalue weighted by Gasteiger charge is 2.31. The molecular formula is C15H21NO4. The number of ether oxygens (including phenoxy) is 2. The number of carbonyl (C=O) groups excluding carboxylic acids is 2. The molecule has 0 fully saturated rings. The van der Waals surface area contributed by atoms with Gasteiger partial charge < -0.3 is 9.47 Å². The van der Waals surface area contributed by atoms with Gasteiger partial charge in [0.1, 0.15) is 0 Å². The minimum absolute atomic E-state index is 0.179. The number of carbonyl (C=O) groups is 2. The maximum absolute atomic E-state index is 12.0. The molecule has 0 saturated heterocycles. The lowest BCUT2D eigenvalue weighted by Crippen LogP contribution is -2.33. The Morgan fingerprint density at radius 1 is 1.05 bits per heavy atom. The summed E-state index contributed by atoms with van der Waals surface area (Å²) in [6.45, 7) is 6.96. The zero-order valence-electron chi connectivity index (χ0n) is 12.3. The second-order valence-electron chi connectivity index (χ2n) is 5.05. The monoisotopic (exact) mass is 279 g/mol. The van der Waals surface area contributed by atoms with E-state index in [9.17, 15) is 9.59 Å². The Morgan fingerprint density at radius 2 is 1.60 bits per heavy atom. The van der Waals surface area contributed by atoms with Crippen LogP contribution < -0.4 is 0 Å². The van der Waals surface area contributed by atoms with E-state index in [0.29, 0.717) is 5.69 Å².